The minimum absolute atomic E-state index is 0.0402. The number of carbonyl (C=O) groups is 3. The van der Waals surface area contributed by atoms with Crippen molar-refractivity contribution in [2.75, 3.05) is 26.3 Å². The van der Waals surface area contributed by atoms with Gasteiger partial charge in [-0.1, -0.05) is 43.3 Å². The number of esters is 1. The highest BCUT2D eigenvalue weighted by atomic mass is 32.2. The van der Waals surface area contributed by atoms with Crippen molar-refractivity contribution in [1.29, 1.82) is 0 Å². The van der Waals surface area contributed by atoms with Crippen LogP contribution in [0.2, 0.25) is 0 Å². The number of benzene rings is 1. The molecule has 3 fully saturated rings. The van der Waals surface area contributed by atoms with Crippen LogP contribution < -0.4 is 0 Å². The zero-order valence-electron chi connectivity index (χ0n) is 19.2. The molecule has 1 aromatic rings. The summed E-state index contributed by atoms with van der Waals surface area (Å²) in [5, 5.41) is 9.70. The molecule has 7 nitrogen and oxygen atoms in total. The normalized spacial score (nSPS) is 32.0. The number of carbonyl (C=O) groups excluding carboxylic acids is 3. The maximum Gasteiger partial charge on any atom is 0.310 e. The lowest BCUT2D eigenvalue weighted by atomic mass is 9.66. The third kappa shape index (κ3) is 3.77. The van der Waals surface area contributed by atoms with Crippen LogP contribution in [-0.4, -0.2) is 75.0 Å². The second kappa shape index (κ2) is 9.50. The lowest BCUT2D eigenvalue weighted by Crippen LogP contribution is -2.57. The molecule has 4 rings (SSSR count). The van der Waals surface area contributed by atoms with E-state index in [1.165, 1.54) is 4.90 Å². The van der Waals surface area contributed by atoms with Gasteiger partial charge in [0.2, 0.25) is 11.8 Å². The Hall–Kier alpha value is -2.32. The third-order valence-corrected chi connectivity index (χ3v) is 9.33. The Morgan fingerprint density at radius 2 is 2.09 bits per heavy atom. The van der Waals surface area contributed by atoms with Gasteiger partial charge in [-0.05, 0) is 24.8 Å². The van der Waals surface area contributed by atoms with Crippen LogP contribution in [0.3, 0.4) is 0 Å². The van der Waals surface area contributed by atoms with Gasteiger partial charge in [-0.25, -0.2) is 0 Å². The van der Waals surface area contributed by atoms with Gasteiger partial charge < -0.3 is 19.6 Å². The van der Waals surface area contributed by atoms with E-state index >= 15 is 0 Å². The van der Waals surface area contributed by atoms with Crippen LogP contribution in [0.4, 0.5) is 0 Å². The Labute approximate surface area is 199 Å². The largest absolute Gasteiger partial charge is 0.466 e. The van der Waals surface area contributed by atoms with Gasteiger partial charge in [0.25, 0.3) is 0 Å². The molecule has 0 radical (unpaired) electrons. The first-order chi connectivity index (χ1) is 15.9. The zero-order chi connectivity index (χ0) is 23.8. The van der Waals surface area contributed by atoms with E-state index < -0.39 is 22.6 Å². The molecule has 33 heavy (non-hydrogen) atoms. The van der Waals surface area contributed by atoms with Crippen LogP contribution in [0.5, 0.6) is 0 Å². The Balaban J connectivity index is 1.73. The van der Waals surface area contributed by atoms with E-state index in [1.54, 1.807) is 29.7 Å². The first-order valence-electron chi connectivity index (χ1n) is 11.6. The highest BCUT2D eigenvalue weighted by Gasteiger charge is 2.76. The van der Waals surface area contributed by atoms with Crippen LogP contribution >= 0.6 is 11.8 Å². The number of hydrogen-bond donors (Lipinski definition) is 1. The number of thioether (sulfide) groups is 1. The van der Waals surface area contributed by atoms with Gasteiger partial charge in [0, 0.05) is 24.9 Å². The summed E-state index contributed by atoms with van der Waals surface area (Å²) >= 11 is 1.61. The number of rotatable bonds is 9. The molecular formula is C25H32N2O5S. The number of aliphatic hydroxyl groups is 1. The monoisotopic (exact) mass is 472 g/mol. The van der Waals surface area contributed by atoms with E-state index in [4.69, 9.17) is 4.74 Å². The quantitative estimate of drug-likeness (QED) is 0.438. The molecule has 178 valence electrons. The number of fused-ring (bicyclic) bond motifs is 1. The number of hydrogen-bond acceptors (Lipinski definition) is 6. The minimum atomic E-state index is -0.741. The highest BCUT2D eigenvalue weighted by molar-refractivity contribution is 8.02. The lowest BCUT2D eigenvalue weighted by Gasteiger charge is -2.40. The summed E-state index contributed by atoms with van der Waals surface area (Å²) < 4.78 is 4.64. The van der Waals surface area contributed by atoms with Crippen molar-refractivity contribution >= 4 is 29.5 Å². The van der Waals surface area contributed by atoms with Crippen molar-refractivity contribution < 1.29 is 24.2 Å². The zero-order valence-corrected chi connectivity index (χ0v) is 20.0. The maximum atomic E-state index is 14.1. The molecule has 0 aliphatic carbocycles. The summed E-state index contributed by atoms with van der Waals surface area (Å²) in [7, 11) is 0. The molecule has 0 saturated carbocycles. The van der Waals surface area contributed by atoms with Crippen molar-refractivity contribution in [3.8, 4) is 0 Å². The fourth-order valence-electron chi connectivity index (χ4n) is 6.02. The molecule has 1 N–H and O–H groups in total. The number of likely N-dealkylation sites (tertiary alicyclic amines) is 1. The van der Waals surface area contributed by atoms with E-state index in [1.807, 2.05) is 30.3 Å². The van der Waals surface area contributed by atoms with Crippen LogP contribution in [0.1, 0.15) is 25.8 Å². The van der Waals surface area contributed by atoms with E-state index in [0.29, 0.717) is 13.1 Å². The fraction of sp³-hybridized carbons (Fsp3) is 0.560. The van der Waals surface area contributed by atoms with Gasteiger partial charge in [-0.2, -0.15) is 0 Å². The molecule has 1 aromatic carbocycles. The van der Waals surface area contributed by atoms with E-state index in [2.05, 4.69) is 13.5 Å². The van der Waals surface area contributed by atoms with Gasteiger partial charge in [0.05, 0.1) is 29.8 Å². The van der Waals surface area contributed by atoms with Gasteiger partial charge in [-0.15, -0.1) is 18.3 Å². The summed E-state index contributed by atoms with van der Waals surface area (Å²) in [5.74, 6) is -1.83. The Kier molecular flexibility index (Phi) is 6.86. The molecule has 3 aliphatic rings. The molecule has 2 bridgehead atoms. The standard InChI is InChI=1S/C25H32N2O5S/c1-4-11-26(15-17-9-7-6-8-10-17)23(30)21-25-16(3)14-18(33-25)19(24(31)32-5-2)20(25)22(29)27(21)12-13-28/h4,6-10,16,18-21,28H,1,5,11-15H2,2-3H3/t16?,18-,19+,20-,21?,25?/m0/s1. The van der Waals surface area contributed by atoms with Crippen molar-refractivity contribution in [2.45, 2.75) is 42.9 Å². The van der Waals surface area contributed by atoms with Crippen molar-refractivity contribution in [3.63, 3.8) is 0 Å². The van der Waals surface area contributed by atoms with Gasteiger partial charge in [-0.3, -0.25) is 14.4 Å². The molecule has 3 unspecified atom stereocenters. The number of aliphatic hydroxyl groups excluding tert-OH is 1. The predicted octanol–water partition coefficient (Wildman–Crippen LogP) is 2.09. The SMILES string of the molecule is C=CCN(Cc1ccccc1)C(=O)C1N(CCO)C(=O)[C@@H]2[C@H](C(=O)OCC)[C@@H]3CC(C)C12S3. The van der Waals surface area contributed by atoms with Crippen LogP contribution in [0.25, 0.3) is 0 Å². The summed E-state index contributed by atoms with van der Waals surface area (Å²) in [6.45, 7) is 8.47. The number of β-amino-alcohol motifs (C(OH)–C–C–N with tert-alkyl or cyclic N) is 1. The predicted molar refractivity (Wildman–Crippen MR) is 126 cm³/mol. The van der Waals surface area contributed by atoms with Gasteiger partial charge in [0.1, 0.15) is 6.04 Å². The third-order valence-electron chi connectivity index (χ3n) is 7.26. The van der Waals surface area contributed by atoms with Crippen LogP contribution in [-0.2, 0) is 25.7 Å². The number of amides is 2. The Bertz CT molecular complexity index is 925. The summed E-state index contributed by atoms with van der Waals surface area (Å²) in [5.41, 5.74) is 0.987. The molecule has 2 amide bonds. The van der Waals surface area contributed by atoms with Crippen molar-refractivity contribution in [1.82, 2.24) is 9.80 Å². The van der Waals surface area contributed by atoms with Crippen molar-refractivity contribution in [3.05, 3.63) is 48.6 Å². The molecule has 3 saturated heterocycles. The lowest BCUT2D eigenvalue weighted by molar-refractivity contribution is -0.154. The first kappa shape index (κ1) is 23.8. The Morgan fingerprint density at radius 1 is 1.36 bits per heavy atom. The number of ether oxygens (including phenoxy) is 1. The molecule has 3 aliphatic heterocycles. The molecule has 8 heteroatoms. The molecule has 3 heterocycles. The molecule has 6 atom stereocenters. The summed E-state index contributed by atoms with van der Waals surface area (Å²) in [6.07, 6.45) is 2.45. The van der Waals surface area contributed by atoms with Gasteiger partial charge >= 0.3 is 5.97 Å². The van der Waals surface area contributed by atoms with Crippen molar-refractivity contribution in [2.24, 2.45) is 17.8 Å². The first-order valence-corrected chi connectivity index (χ1v) is 12.5. The second-order valence-electron chi connectivity index (χ2n) is 9.05. The topological polar surface area (TPSA) is 87.2 Å². The summed E-state index contributed by atoms with van der Waals surface area (Å²) in [4.78, 5) is 43.9. The average molecular weight is 473 g/mol. The van der Waals surface area contributed by atoms with E-state index in [-0.39, 0.29) is 48.7 Å². The highest BCUT2D eigenvalue weighted by Crippen LogP contribution is 2.68. The van der Waals surface area contributed by atoms with Crippen LogP contribution in [0.15, 0.2) is 43.0 Å². The number of nitrogens with zero attached hydrogens (tertiary/aromatic N) is 2. The smallest absolute Gasteiger partial charge is 0.310 e. The second-order valence-corrected chi connectivity index (χ2v) is 10.6. The van der Waals surface area contributed by atoms with Gasteiger partial charge in [0.15, 0.2) is 0 Å². The maximum absolute atomic E-state index is 14.1. The van der Waals surface area contributed by atoms with Crippen LogP contribution in [0, 0.1) is 17.8 Å². The summed E-state index contributed by atoms with van der Waals surface area (Å²) in [6, 6.07) is 8.97. The average Bonchev–Trinajstić information content (AvgIpc) is 3.38. The Morgan fingerprint density at radius 3 is 2.73 bits per heavy atom. The van der Waals surface area contributed by atoms with E-state index in [9.17, 15) is 19.5 Å². The molecule has 0 aromatic heterocycles. The minimum Gasteiger partial charge on any atom is -0.466 e. The fourth-order valence-corrected chi connectivity index (χ4v) is 8.42. The van der Waals surface area contributed by atoms with E-state index in [0.717, 1.165) is 12.0 Å². The molecule has 1 spiro atoms. The molecular weight excluding hydrogens is 440 g/mol.